The van der Waals surface area contributed by atoms with Crippen molar-refractivity contribution in [3.05, 3.63) is 72.3 Å². The lowest BCUT2D eigenvalue weighted by Crippen LogP contribution is -2.36. The van der Waals surface area contributed by atoms with E-state index in [0.717, 1.165) is 71.0 Å². The van der Waals surface area contributed by atoms with Crippen molar-refractivity contribution in [3.8, 4) is 33.9 Å². The Balaban J connectivity index is 1.11. The maximum atomic E-state index is 12.8. The summed E-state index contributed by atoms with van der Waals surface area (Å²) in [7, 11) is 0. The summed E-state index contributed by atoms with van der Waals surface area (Å²) in [6.45, 7) is 12.7. The number of H-pyrrole nitrogens is 2. The molecule has 0 radical (unpaired) electrons. The first-order valence-corrected chi connectivity index (χ1v) is 16.1. The zero-order valence-electron chi connectivity index (χ0n) is 27.6. The van der Waals surface area contributed by atoms with Crippen LogP contribution in [-0.2, 0) is 9.47 Å². The van der Waals surface area contributed by atoms with Crippen LogP contribution in [0.15, 0.2) is 60.9 Å². The standard InChI is InChI=1S/C36H44N6O4/c1-35(2,3)45-33(43)41-19-7-9-29(41)27-21-37-31(39-27)25-15-11-23(12-16-25)24-13-17-26(18-14-24)32-38-22-28(40-32)30-10-8-20-42(30)34(44)46-36(4,5)6/h11-18,21-22,29-30H,7-10,19-20H2,1-6H3,(H,37,39)(H,38,40). The number of aromatic nitrogens is 4. The molecule has 2 aromatic heterocycles. The predicted molar refractivity (Wildman–Crippen MR) is 177 cm³/mol. The van der Waals surface area contributed by atoms with Crippen LogP contribution in [0.4, 0.5) is 9.59 Å². The Bertz CT molecular complexity index is 1550. The van der Waals surface area contributed by atoms with E-state index in [2.05, 4.69) is 68.5 Å². The molecule has 2 aliphatic rings. The SMILES string of the molecule is CC(C)(C)OC(=O)N1CCCC1c1cnc(-c2ccc(-c3ccc(-c4ncc(C5CCCN5C(=O)OC(C)(C)C)[nH]4)cc3)cc2)[nH]1. The molecule has 2 aromatic carbocycles. The second kappa shape index (κ2) is 12.3. The number of rotatable bonds is 5. The van der Waals surface area contributed by atoms with Crippen LogP contribution in [0.25, 0.3) is 33.9 Å². The van der Waals surface area contributed by atoms with Gasteiger partial charge in [-0.05, 0) is 78.4 Å². The topological polar surface area (TPSA) is 116 Å². The number of likely N-dealkylation sites (tertiary alicyclic amines) is 2. The van der Waals surface area contributed by atoms with E-state index >= 15 is 0 Å². The van der Waals surface area contributed by atoms with E-state index in [9.17, 15) is 9.59 Å². The molecule has 0 aliphatic carbocycles. The normalized spacial score (nSPS) is 18.7. The summed E-state index contributed by atoms with van der Waals surface area (Å²) in [4.78, 5) is 45.3. The number of amides is 2. The number of imidazole rings is 2. The summed E-state index contributed by atoms with van der Waals surface area (Å²) in [6, 6.07) is 16.5. The molecular weight excluding hydrogens is 580 g/mol. The van der Waals surface area contributed by atoms with E-state index in [1.165, 1.54) is 0 Å². The minimum atomic E-state index is -0.532. The molecule has 2 saturated heterocycles. The Morgan fingerprint density at radius 1 is 0.630 bits per heavy atom. The van der Waals surface area contributed by atoms with Gasteiger partial charge in [-0.25, -0.2) is 19.6 Å². The first kappa shape index (κ1) is 31.4. The number of hydrogen-bond donors (Lipinski definition) is 2. The fourth-order valence-corrected chi connectivity index (χ4v) is 6.20. The van der Waals surface area contributed by atoms with Gasteiger partial charge in [0.1, 0.15) is 22.9 Å². The highest BCUT2D eigenvalue weighted by molar-refractivity contribution is 5.72. The van der Waals surface area contributed by atoms with E-state index in [-0.39, 0.29) is 24.3 Å². The predicted octanol–water partition coefficient (Wildman–Crippen LogP) is 8.28. The summed E-state index contributed by atoms with van der Waals surface area (Å²) in [5, 5.41) is 0. The number of benzene rings is 2. The molecule has 6 rings (SSSR count). The molecule has 0 saturated carbocycles. The fourth-order valence-electron chi connectivity index (χ4n) is 6.20. The van der Waals surface area contributed by atoms with Crippen LogP contribution in [0.5, 0.6) is 0 Å². The summed E-state index contributed by atoms with van der Waals surface area (Å²) >= 11 is 0. The van der Waals surface area contributed by atoms with E-state index < -0.39 is 11.2 Å². The van der Waals surface area contributed by atoms with Gasteiger partial charge in [0.05, 0.1) is 35.9 Å². The highest BCUT2D eigenvalue weighted by atomic mass is 16.6. The minimum absolute atomic E-state index is 0.0683. The van der Waals surface area contributed by atoms with Crippen molar-refractivity contribution in [1.82, 2.24) is 29.7 Å². The van der Waals surface area contributed by atoms with Crippen molar-refractivity contribution < 1.29 is 19.1 Å². The molecule has 0 bridgehead atoms. The number of hydrogen-bond acceptors (Lipinski definition) is 6. The number of ether oxygens (including phenoxy) is 2. The zero-order valence-corrected chi connectivity index (χ0v) is 27.6. The molecule has 0 spiro atoms. The van der Waals surface area contributed by atoms with Gasteiger partial charge in [-0.2, -0.15) is 0 Å². The fraction of sp³-hybridized carbons (Fsp3) is 0.444. The van der Waals surface area contributed by atoms with Crippen LogP contribution in [0.3, 0.4) is 0 Å². The summed E-state index contributed by atoms with van der Waals surface area (Å²) in [5.74, 6) is 1.54. The highest BCUT2D eigenvalue weighted by Gasteiger charge is 2.35. The molecule has 2 fully saturated rings. The average molecular weight is 625 g/mol. The van der Waals surface area contributed by atoms with Crippen LogP contribution in [-0.4, -0.2) is 66.2 Å². The van der Waals surface area contributed by atoms with Gasteiger partial charge < -0.3 is 19.4 Å². The van der Waals surface area contributed by atoms with Gasteiger partial charge in [0.2, 0.25) is 0 Å². The van der Waals surface area contributed by atoms with E-state index in [1.54, 1.807) is 9.80 Å². The molecule has 2 unspecified atom stereocenters. The molecule has 2 N–H and O–H groups in total. The second-order valence-electron chi connectivity index (χ2n) is 14.2. The first-order valence-electron chi connectivity index (χ1n) is 16.1. The Labute approximate surface area is 270 Å². The van der Waals surface area contributed by atoms with Gasteiger partial charge in [0.15, 0.2) is 0 Å². The van der Waals surface area contributed by atoms with Crippen LogP contribution in [0.2, 0.25) is 0 Å². The summed E-state index contributed by atoms with van der Waals surface area (Å²) in [5.41, 5.74) is 4.91. The zero-order chi connectivity index (χ0) is 32.6. The van der Waals surface area contributed by atoms with Crippen molar-refractivity contribution in [2.75, 3.05) is 13.1 Å². The van der Waals surface area contributed by atoms with Gasteiger partial charge in [-0.3, -0.25) is 9.80 Å². The molecule has 10 heteroatoms. The van der Waals surface area contributed by atoms with Crippen molar-refractivity contribution in [1.29, 1.82) is 0 Å². The van der Waals surface area contributed by atoms with Gasteiger partial charge >= 0.3 is 12.2 Å². The molecule has 46 heavy (non-hydrogen) atoms. The third kappa shape index (κ3) is 6.95. The number of aromatic amines is 2. The van der Waals surface area contributed by atoms with E-state index in [1.807, 2.05) is 53.9 Å². The Morgan fingerprint density at radius 3 is 1.33 bits per heavy atom. The van der Waals surface area contributed by atoms with Gasteiger partial charge in [0, 0.05) is 24.2 Å². The minimum Gasteiger partial charge on any atom is -0.444 e. The third-order valence-corrected chi connectivity index (χ3v) is 8.32. The van der Waals surface area contributed by atoms with Crippen molar-refractivity contribution >= 4 is 12.2 Å². The van der Waals surface area contributed by atoms with Gasteiger partial charge in [-0.1, -0.05) is 48.5 Å². The van der Waals surface area contributed by atoms with Crippen LogP contribution >= 0.6 is 0 Å². The summed E-state index contributed by atoms with van der Waals surface area (Å²) < 4.78 is 11.3. The largest absolute Gasteiger partial charge is 0.444 e. The van der Waals surface area contributed by atoms with Crippen molar-refractivity contribution in [2.24, 2.45) is 0 Å². The third-order valence-electron chi connectivity index (χ3n) is 8.32. The monoisotopic (exact) mass is 624 g/mol. The maximum Gasteiger partial charge on any atom is 0.410 e. The molecule has 2 aliphatic heterocycles. The van der Waals surface area contributed by atoms with Crippen LogP contribution in [0.1, 0.15) is 90.7 Å². The van der Waals surface area contributed by atoms with Crippen molar-refractivity contribution in [3.63, 3.8) is 0 Å². The lowest BCUT2D eigenvalue weighted by molar-refractivity contribution is 0.0211. The number of carbonyl (C=O) groups excluding carboxylic acids is 2. The molecule has 242 valence electrons. The average Bonchev–Trinajstić information content (AvgIpc) is 3.82. The summed E-state index contributed by atoms with van der Waals surface area (Å²) in [6.07, 6.45) is 6.70. The van der Waals surface area contributed by atoms with Crippen molar-refractivity contribution in [2.45, 2.75) is 90.5 Å². The van der Waals surface area contributed by atoms with Crippen LogP contribution in [0, 0.1) is 0 Å². The first-order chi connectivity index (χ1) is 21.8. The van der Waals surface area contributed by atoms with E-state index in [4.69, 9.17) is 9.47 Å². The Hall–Kier alpha value is -4.60. The second-order valence-corrected chi connectivity index (χ2v) is 14.2. The van der Waals surface area contributed by atoms with Gasteiger partial charge in [0.25, 0.3) is 0 Å². The number of carbonyl (C=O) groups is 2. The highest BCUT2D eigenvalue weighted by Crippen LogP contribution is 2.35. The quantitative estimate of drug-likeness (QED) is 0.231. The molecule has 4 aromatic rings. The maximum absolute atomic E-state index is 12.8. The van der Waals surface area contributed by atoms with Crippen LogP contribution < -0.4 is 0 Å². The van der Waals surface area contributed by atoms with Gasteiger partial charge in [-0.15, -0.1) is 0 Å². The number of nitrogens with zero attached hydrogens (tertiary/aromatic N) is 4. The Morgan fingerprint density at radius 2 is 0.978 bits per heavy atom. The molecular formula is C36H44N6O4. The van der Waals surface area contributed by atoms with E-state index in [0.29, 0.717) is 13.1 Å². The molecule has 2 amide bonds. The lowest BCUT2D eigenvalue weighted by Gasteiger charge is -2.28. The molecule has 10 nitrogen and oxygen atoms in total. The molecule has 2 atom stereocenters. The Kier molecular flexibility index (Phi) is 8.39. The smallest absolute Gasteiger partial charge is 0.410 e. The molecule has 4 heterocycles. The lowest BCUT2D eigenvalue weighted by atomic mass is 10.0. The number of nitrogens with one attached hydrogen (secondary N) is 2.